The summed E-state index contributed by atoms with van der Waals surface area (Å²) in [7, 11) is 3.13. The van der Waals surface area contributed by atoms with E-state index in [9.17, 15) is 4.79 Å². The Kier molecular flexibility index (Phi) is 6.46. The van der Waals surface area contributed by atoms with Crippen LogP contribution in [0.2, 0.25) is 5.02 Å². The highest BCUT2D eigenvalue weighted by molar-refractivity contribution is 6.30. The van der Waals surface area contributed by atoms with Crippen molar-refractivity contribution in [3.8, 4) is 11.5 Å². The van der Waals surface area contributed by atoms with Crippen LogP contribution in [0.4, 0.5) is 5.69 Å². The molecular weight excluding hydrogens is 328 g/mol. The Hall–Kier alpha value is -2.24. The zero-order valence-electron chi connectivity index (χ0n) is 13.9. The topological polar surface area (TPSA) is 59.6 Å². The summed E-state index contributed by atoms with van der Waals surface area (Å²) in [5.74, 6) is 1.06. The average Bonchev–Trinajstić information content (AvgIpc) is 2.60. The fourth-order valence-corrected chi connectivity index (χ4v) is 2.35. The van der Waals surface area contributed by atoms with E-state index in [4.69, 9.17) is 21.1 Å². The maximum atomic E-state index is 12.2. The van der Waals surface area contributed by atoms with Crippen molar-refractivity contribution in [1.29, 1.82) is 0 Å². The second-order valence-corrected chi connectivity index (χ2v) is 5.70. The third kappa shape index (κ3) is 4.88. The Morgan fingerprint density at radius 3 is 2.46 bits per heavy atom. The van der Waals surface area contributed by atoms with Crippen LogP contribution in [0.5, 0.6) is 11.5 Å². The van der Waals surface area contributed by atoms with E-state index in [0.717, 1.165) is 5.56 Å². The molecule has 0 aliphatic rings. The van der Waals surface area contributed by atoms with Gasteiger partial charge in [-0.15, -0.1) is 0 Å². The number of nitrogens with one attached hydrogen (secondary N) is 2. The van der Waals surface area contributed by atoms with Gasteiger partial charge >= 0.3 is 0 Å². The fraction of sp³-hybridized carbons (Fsp3) is 0.278. The van der Waals surface area contributed by atoms with Crippen molar-refractivity contribution < 1.29 is 14.3 Å². The summed E-state index contributed by atoms with van der Waals surface area (Å²) >= 11 is 5.88. The molecule has 0 fully saturated rings. The molecule has 6 heteroatoms. The first-order valence-electron chi connectivity index (χ1n) is 7.54. The summed E-state index contributed by atoms with van der Waals surface area (Å²) in [6.45, 7) is 2.16. The second-order valence-electron chi connectivity index (χ2n) is 5.27. The SMILES string of the molecule is COc1ccc(OC)c(NC(=O)CNC(C)c2ccc(Cl)cc2)c1. The summed E-state index contributed by atoms with van der Waals surface area (Å²) < 4.78 is 10.4. The van der Waals surface area contributed by atoms with E-state index in [1.807, 2.05) is 31.2 Å². The quantitative estimate of drug-likeness (QED) is 0.802. The van der Waals surface area contributed by atoms with Crippen LogP contribution in [0.15, 0.2) is 42.5 Å². The van der Waals surface area contributed by atoms with Crippen LogP contribution in [0.3, 0.4) is 0 Å². The standard InChI is InChI=1S/C18H21ClN2O3/c1-12(13-4-6-14(19)7-5-13)20-11-18(22)21-16-10-15(23-2)8-9-17(16)24-3/h4-10,12,20H,11H2,1-3H3,(H,21,22). The lowest BCUT2D eigenvalue weighted by atomic mass is 10.1. The summed E-state index contributed by atoms with van der Waals surface area (Å²) in [5.41, 5.74) is 1.63. The summed E-state index contributed by atoms with van der Waals surface area (Å²) in [6.07, 6.45) is 0. The fourth-order valence-electron chi connectivity index (χ4n) is 2.22. The van der Waals surface area contributed by atoms with Gasteiger partial charge in [-0.1, -0.05) is 23.7 Å². The van der Waals surface area contributed by atoms with Crippen molar-refractivity contribution in [1.82, 2.24) is 5.32 Å². The van der Waals surface area contributed by atoms with Crippen LogP contribution >= 0.6 is 11.6 Å². The summed E-state index contributed by atoms with van der Waals surface area (Å²) in [6, 6.07) is 12.8. The first kappa shape index (κ1) is 18.1. The molecule has 128 valence electrons. The maximum absolute atomic E-state index is 12.2. The van der Waals surface area contributed by atoms with Gasteiger partial charge in [-0.25, -0.2) is 0 Å². The van der Waals surface area contributed by atoms with Gasteiger partial charge in [0.2, 0.25) is 5.91 Å². The third-order valence-electron chi connectivity index (χ3n) is 3.62. The van der Waals surface area contributed by atoms with Gasteiger partial charge in [0.25, 0.3) is 0 Å². The smallest absolute Gasteiger partial charge is 0.238 e. The normalized spacial score (nSPS) is 11.7. The van der Waals surface area contributed by atoms with E-state index in [-0.39, 0.29) is 18.5 Å². The van der Waals surface area contributed by atoms with E-state index >= 15 is 0 Å². The molecule has 2 N–H and O–H groups in total. The molecule has 2 rings (SSSR count). The van der Waals surface area contributed by atoms with Gasteiger partial charge in [0, 0.05) is 17.1 Å². The van der Waals surface area contributed by atoms with Crippen molar-refractivity contribution in [2.75, 3.05) is 26.1 Å². The molecule has 1 atom stereocenters. The average molecular weight is 349 g/mol. The number of halogens is 1. The molecule has 0 aliphatic carbocycles. The predicted octanol–water partition coefficient (Wildman–Crippen LogP) is 3.65. The lowest BCUT2D eigenvalue weighted by Crippen LogP contribution is -2.30. The van der Waals surface area contributed by atoms with E-state index in [0.29, 0.717) is 22.2 Å². The zero-order chi connectivity index (χ0) is 17.5. The number of ether oxygens (including phenoxy) is 2. The Balaban J connectivity index is 1.94. The number of carbonyl (C=O) groups is 1. The monoisotopic (exact) mass is 348 g/mol. The Morgan fingerprint density at radius 2 is 1.83 bits per heavy atom. The van der Waals surface area contributed by atoms with Crippen molar-refractivity contribution in [3.63, 3.8) is 0 Å². The first-order chi connectivity index (χ1) is 11.5. The lowest BCUT2D eigenvalue weighted by Gasteiger charge is -2.15. The molecule has 0 spiro atoms. The van der Waals surface area contributed by atoms with Gasteiger partial charge < -0.3 is 20.1 Å². The summed E-state index contributed by atoms with van der Waals surface area (Å²) in [5, 5.41) is 6.69. The van der Waals surface area contributed by atoms with Crippen LogP contribution in [0.1, 0.15) is 18.5 Å². The highest BCUT2D eigenvalue weighted by Crippen LogP contribution is 2.28. The van der Waals surface area contributed by atoms with Gasteiger partial charge in [0.15, 0.2) is 0 Å². The Morgan fingerprint density at radius 1 is 1.12 bits per heavy atom. The van der Waals surface area contributed by atoms with Crippen LogP contribution in [0, 0.1) is 0 Å². The predicted molar refractivity (Wildman–Crippen MR) is 96.0 cm³/mol. The highest BCUT2D eigenvalue weighted by atomic mass is 35.5. The molecule has 2 aromatic rings. The number of carbonyl (C=O) groups excluding carboxylic acids is 1. The first-order valence-corrected chi connectivity index (χ1v) is 7.92. The molecule has 0 aliphatic heterocycles. The van der Waals surface area contributed by atoms with Crippen molar-refractivity contribution in [3.05, 3.63) is 53.1 Å². The van der Waals surface area contributed by atoms with E-state index in [2.05, 4.69) is 10.6 Å². The Bertz CT molecular complexity index is 689. The minimum atomic E-state index is -0.164. The number of amides is 1. The molecule has 0 heterocycles. The highest BCUT2D eigenvalue weighted by Gasteiger charge is 2.11. The van der Waals surface area contributed by atoms with Gasteiger partial charge in [-0.05, 0) is 36.8 Å². The second kappa shape index (κ2) is 8.57. The van der Waals surface area contributed by atoms with Crippen molar-refractivity contribution in [2.45, 2.75) is 13.0 Å². The van der Waals surface area contributed by atoms with E-state index in [1.165, 1.54) is 0 Å². The van der Waals surface area contributed by atoms with Crippen LogP contribution in [0.25, 0.3) is 0 Å². The number of rotatable bonds is 7. The van der Waals surface area contributed by atoms with E-state index < -0.39 is 0 Å². The molecule has 2 aromatic carbocycles. The largest absolute Gasteiger partial charge is 0.497 e. The molecule has 5 nitrogen and oxygen atoms in total. The van der Waals surface area contributed by atoms with Crippen molar-refractivity contribution in [2.24, 2.45) is 0 Å². The third-order valence-corrected chi connectivity index (χ3v) is 3.87. The molecule has 0 bridgehead atoms. The molecule has 24 heavy (non-hydrogen) atoms. The maximum Gasteiger partial charge on any atom is 0.238 e. The lowest BCUT2D eigenvalue weighted by molar-refractivity contribution is -0.115. The molecule has 0 saturated heterocycles. The van der Waals surface area contributed by atoms with Gasteiger partial charge in [0.1, 0.15) is 11.5 Å². The number of hydrogen-bond donors (Lipinski definition) is 2. The minimum Gasteiger partial charge on any atom is -0.497 e. The zero-order valence-corrected chi connectivity index (χ0v) is 14.7. The van der Waals surface area contributed by atoms with Gasteiger partial charge in [-0.2, -0.15) is 0 Å². The van der Waals surface area contributed by atoms with Crippen LogP contribution in [-0.4, -0.2) is 26.7 Å². The van der Waals surface area contributed by atoms with Crippen LogP contribution < -0.4 is 20.1 Å². The summed E-state index contributed by atoms with van der Waals surface area (Å²) in [4.78, 5) is 12.2. The minimum absolute atomic E-state index is 0.0280. The number of benzene rings is 2. The Labute approximate surface area is 146 Å². The molecule has 1 unspecified atom stereocenters. The van der Waals surface area contributed by atoms with Crippen LogP contribution in [-0.2, 0) is 4.79 Å². The number of hydrogen-bond acceptors (Lipinski definition) is 4. The number of methoxy groups -OCH3 is 2. The molecule has 0 aromatic heterocycles. The molecular formula is C18H21ClN2O3. The van der Waals surface area contributed by atoms with Gasteiger partial charge in [0.05, 0.1) is 26.5 Å². The molecule has 0 saturated carbocycles. The van der Waals surface area contributed by atoms with Gasteiger partial charge in [-0.3, -0.25) is 4.79 Å². The van der Waals surface area contributed by atoms with E-state index in [1.54, 1.807) is 32.4 Å². The van der Waals surface area contributed by atoms with Crippen molar-refractivity contribution >= 4 is 23.2 Å². The molecule has 1 amide bonds. The number of anilines is 1. The molecule has 0 radical (unpaired) electrons.